The molecule has 0 aromatic heterocycles. The third-order valence-electron chi connectivity index (χ3n) is 2.33. The maximum atomic E-state index is 8.79. The minimum Gasteiger partial charge on any atom is -0.395 e. The van der Waals surface area contributed by atoms with Crippen LogP contribution in [-0.2, 0) is 0 Å². The second-order valence-electron chi connectivity index (χ2n) is 3.17. The van der Waals surface area contributed by atoms with Crippen LogP contribution in [0.15, 0.2) is 0 Å². The second-order valence-corrected chi connectivity index (χ2v) is 3.64. The van der Waals surface area contributed by atoms with E-state index in [2.05, 4.69) is 4.90 Å². The highest BCUT2D eigenvalue weighted by Gasteiger charge is 2.23. The molecule has 0 aromatic carbocycles. The lowest BCUT2D eigenvalue weighted by Gasteiger charge is -2.34. The lowest BCUT2D eigenvalue weighted by molar-refractivity contribution is 0.149. The molecule has 1 aliphatic heterocycles. The van der Waals surface area contributed by atoms with E-state index in [9.17, 15) is 0 Å². The van der Waals surface area contributed by atoms with E-state index < -0.39 is 0 Å². The third-order valence-corrected chi connectivity index (χ3v) is 2.60. The summed E-state index contributed by atoms with van der Waals surface area (Å²) in [6.45, 7) is 1.91. The molecule has 1 saturated heterocycles. The molecule has 0 aromatic rings. The Morgan fingerprint density at radius 3 is 2.92 bits per heavy atom. The lowest BCUT2D eigenvalue weighted by atomic mass is 10.0. The summed E-state index contributed by atoms with van der Waals surface area (Å²) in [6, 6.07) is 0.223. The van der Waals surface area contributed by atoms with E-state index in [4.69, 9.17) is 23.1 Å². The predicted molar refractivity (Wildman–Crippen MR) is 53.1 cm³/mol. The van der Waals surface area contributed by atoms with E-state index >= 15 is 0 Å². The Bertz CT molecular complexity index is 161. The van der Waals surface area contributed by atoms with Gasteiger partial charge >= 0.3 is 0 Å². The monoisotopic (exact) mass is 188 g/mol. The number of aliphatic hydroxyl groups is 1. The number of nitrogens with two attached hydrogens (primary N) is 1. The Balaban J connectivity index is 2.48. The number of hydrogen-bond acceptors (Lipinski definition) is 3. The molecule has 0 amide bonds. The van der Waals surface area contributed by atoms with Gasteiger partial charge in [0.05, 0.1) is 17.6 Å². The molecule has 0 radical (unpaired) electrons. The molecule has 1 atom stereocenters. The number of hydrogen-bond donors (Lipinski definition) is 2. The molecule has 12 heavy (non-hydrogen) atoms. The van der Waals surface area contributed by atoms with Crippen LogP contribution < -0.4 is 5.73 Å². The van der Waals surface area contributed by atoms with Crippen LogP contribution >= 0.6 is 12.2 Å². The van der Waals surface area contributed by atoms with Gasteiger partial charge in [-0.15, -0.1) is 0 Å². The van der Waals surface area contributed by atoms with E-state index in [1.54, 1.807) is 0 Å². The Labute approximate surface area is 78.5 Å². The molecule has 1 heterocycles. The van der Waals surface area contributed by atoms with Gasteiger partial charge in [-0.25, -0.2) is 0 Å². The number of likely N-dealkylation sites (tertiary alicyclic amines) is 1. The van der Waals surface area contributed by atoms with Crippen LogP contribution in [0, 0.1) is 0 Å². The SMILES string of the molecule is NC(=S)C1CCCCN1CCO. The number of thiocarbonyl (C=S) groups is 1. The van der Waals surface area contributed by atoms with Crippen LogP contribution in [0.1, 0.15) is 19.3 Å². The van der Waals surface area contributed by atoms with Crippen molar-refractivity contribution in [1.29, 1.82) is 0 Å². The number of rotatable bonds is 3. The smallest absolute Gasteiger partial charge is 0.0902 e. The molecule has 70 valence electrons. The molecule has 0 saturated carbocycles. The molecule has 3 nitrogen and oxygen atoms in total. The summed E-state index contributed by atoms with van der Waals surface area (Å²) in [6.07, 6.45) is 3.44. The van der Waals surface area contributed by atoms with Crippen molar-refractivity contribution in [3.05, 3.63) is 0 Å². The average molecular weight is 188 g/mol. The van der Waals surface area contributed by atoms with Crippen molar-refractivity contribution in [2.75, 3.05) is 19.7 Å². The van der Waals surface area contributed by atoms with Crippen molar-refractivity contribution in [3.63, 3.8) is 0 Å². The maximum Gasteiger partial charge on any atom is 0.0902 e. The average Bonchev–Trinajstić information content (AvgIpc) is 2.05. The van der Waals surface area contributed by atoms with Crippen LogP contribution in [0.3, 0.4) is 0 Å². The first-order valence-electron chi connectivity index (χ1n) is 4.40. The molecular formula is C8H16N2OS. The summed E-state index contributed by atoms with van der Waals surface area (Å²) in [7, 11) is 0. The van der Waals surface area contributed by atoms with Gasteiger partial charge in [0.2, 0.25) is 0 Å². The molecular weight excluding hydrogens is 172 g/mol. The summed E-state index contributed by atoms with van der Waals surface area (Å²) in [5.74, 6) is 0. The zero-order chi connectivity index (χ0) is 8.97. The Morgan fingerprint density at radius 2 is 2.33 bits per heavy atom. The van der Waals surface area contributed by atoms with Crippen LogP contribution in [0.2, 0.25) is 0 Å². The van der Waals surface area contributed by atoms with Crippen molar-refractivity contribution in [1.82, 2.24) is 4.90 Å². The topological polar surface area (TPSA) is 49.5 Å². The van der Waals surface area contributed by atoms with Gasteiger partial charge in [0.15, 0.2) is 0 Å². The van der Waals surface area contributed by atoms with E-state index in [0.29, 0.717) is 11.5 Å². The van der Waals surface area contributed by atoms with Gasteiger partial charge in [-0.2, -0.15) is 0 Å². The zero-order valence-corrected chi connectivity index (χ0v) is 8.02. The van der Waals surface area contributed by atoms with Gasteiger partial charge in [-0.05, 0) is 19.4 Å². The minimum atomic E-state index is 0.194. The first-order valence-corrected chi connectivity index (χ1v) is 4.80. The summed E-state index contributed by atoms with van der Waals surface area (Å²) in [4.78, 5) is 2.74. The number of nitrogens with zero attached hydrogens (tertiary/aromatic N) is 1. The molecule has 0 spiro atoms. The highest BCUT2D eigenvalue weighted by Crippen LogP contribution is 2.16. The van der Waals surface area contributed by atoms with Gasteiger partial charge in [0.25, 0.3) is 0 Å². The van der Waals surface area contributed by atoms with Crippen molar-refractivity contribution in [2.45, 2.75) is 25.3 Å². The van der Waals surface area contributed by atoms with Crippen molar-refractivity contribution < 1.29 is 5.11 Å². The number of piperidine rings is 1. The molecule has 4 heteroatoms. The summed E-state index contributed by atoms with van der Waals surface area (Å²) >= 11 is 4.96. The first-order chi connectivity index (χ1) is 5.75. The minimum absolute atomic E-state index is 0.194. The molecule has 1 fully saturated rings. The van der Waals surface area contributed by atoms with Crippen LogP contribution in [0.25, 0.3) is 0 Å². The molecule has 1 rings (SSSR count). The molecule has 0 aliphatic carbocycles. The summed E-state index contributed by atoms with van der Waals surface area (Å²) in [5.41, 5.74) is 5.60. The van der Waals surface area contributed by atoms with Crippen LogP contribution in [0.4, 0.5) is 0 Å². The van der Waals surface area contributed by atoms with Gasteiger partial charge in [-0.1, -0.05) is 18.6 Å². The predicted octanol–water partition coefficient (Wildman–Crippen LogP) is 0.119. The normalized spacial score (nSPS) is 25.6. The highest BCUT2D eigenvalue weighted by molar-refractivity contribution is 7.80. The van der Waals surface area contributed by atoms with E-state index in [0.717, 1.165) is 13.0 Å². The lowest BCUT2D eigenvalue weighted by Crippen LogP contribution is -2.47. The van der Waals surface area contributed by atoms with E-state index in [-0.39, 0.29) is 12.6 Å². The van der Waals surface area contributed by atoms with E-state index in [1.165, 1.54) is 12.8 Å². The van der Waals surface area contributed by atoms with Crippen molar-refractivity contribution >= 4 is 17.2 Å². The van der Waals surface area contributed by atoms with Gasteiger partial charge in [0.1, 0.15) is 0 Å². The Kier molecular flexibility index (Phi) is 3.91. The first kappa shape index (κ1) is 9.89. The quantitative estimate of drug-likeness (QED) is 0.618. The summed E-state index contributed by atoms with van der Waals surface area (Å²) in [5, 5.41) is 8.79. The zero-order valence-electron chi connectivity index (χ0n) is 7.20. The van der Waals surface area contributed by atoms with Crippen LogP contribution in [-0.4, -0.2) is 40.7 Å². The summed E-state index contributed by atoms with van der Waals surface area (Å²) < 4.78 is 0. The maximum absolute atomic E-state index is 8.79. The van der Waals surface area contributed by atoms with E-state index in [1.807, 2.05) is 0 Å². The molecule has 1 unspecified atom stereocenters. The van der Waals surface area contributed by atoms with Crippen LogP contribution in [0.5, 0.6) is 0 Å². The Hall–Kier alpha value is -0.190. The van der Waals surface area contributed by atoms with Gasteiger partial charge in [0, 0.05) is 6.54 Å². The van der Waals surface area contributed by atoms with Gasteiger partial charge < -0.3 is 10.8 Å². The highest BCUT2D eigenvalue weighted by atomic mass is 32.1. The largest absolute Gasteiger partial charge is 0.395 e. The second kappa shape index (κ2) is 4.74. The van der Waals surface area contributed by atoms with Gasteiger partial charge in [-0.3, -0.25) is 4.90 Å². The Morgan fingerprint density at radius 1 is 1.58 bits per heavy atom. The molecule has 0 bridgehead atoms. The fourth-order valence-corrected chi connectivity index (χ4v) is 1.98. The number of aliphatic hydroxyl groups excluding tert-OH is 1. The standard InChI is InChI=1S/C8H16N2OS/c9-8(12)7-3-1-2-4-10(7)5-6-11/h7,11H,1-6H2,(H2,9,12). The molecule has 3 N–H and O–H groups in total. The van der Waals surface area contributed by atoms with Crippen molar-refractivity contribution in [3.8, 4) is 0 Å². The van der Waals surface area contributed by atoms with Crippen molar-refractivity contribution in [2.24, 2.45) is 5.73 Å². The fraction of sp³-hybridized carbons (Fsp3) is 0.875. The number of β-amino-alcohol motifs (C(OH)–C–C–N with tert-alkyl or cyclic N) is 1. The third kappa shape index (κ3) is 2.40. The molecule has 1 aliphatic rings. The fourth-order valence-electron chi connectivity index (χ4n) is 1.71.